The van der Waals surface area contributed by atoms with Crippen molar-refractivity contribution in [3.05, 3.63) is 119 Å². The molecule has 4 aromatic carbocycles. The van der Waals surface area contributed by atoms with Gasteiger partial charge in [-0.3, -0.25) is 26.2 Å². The number of nitrogens with zero attached hydrogens (tertiary/aromatic N) is 13. The number of carbonyl (C=O) groups is 1. The Morgan fingerprint density at radius 2 is 0.895 bits per heavy atom. The van der Waals surface area contributed by atoms with E-state index in [0.717, 1.165) is 91.4 Å². The fourth-order valence-electron chi connectivity index (χ4n) is 7.84. The number of hydrogen-bond donors (Lipinski definition) is 6. The van der Waals surface area contributed by atoms with E-state index in [9.17, 15) is 4.79 Å². The maximum atomic E-state index is 11.4. The standard InChI is InChI=1S/C15H17N5O3.C13H12N4O4.C11H9ClN4O2.C11H10N4O3.C4H9NO/c1-10-2-3-12-11(8-10)16-14(22-12)17-15-19-18-13(23-15)9-20-4-6-21-7-5-20;1-3-19-11(18)10-16-17-13(21-10)15-12-14-8-6-7(2)4-5-9(8)20-12;1-6-2-3-8-7(4-6)13-10(17-8)14-11-16-15-9(5-12)18-11;1-6-2-3-8-7(4-6)12-10(17-8)13-11-15-14-9(5-16)18-11;1-3-6-4-2-5-1/h2-3,8H,4-7,9H2,1H3,(H,16,17,19);4-6H,3H2,1-2H3,(H,14,15,17);2-4H,5H2,1H3,(H,13,14,16);2-4,16H,5H2,1H3,(H,12,13,15);5H,1-4H2. The van der Waals surface area contributed by atoms with E-state index in [-0.39, 0.29) is 67.0 Å². The largest absolute Gasteiger partial charge is 0.459 e. The molecule has 14 rings (SSSR count). The summed E-state index contributed by atoms with van der Waals surface area (Å²) in [5.74, 6) is 0.288. The number of aromatic nitrogens is 12. The number of anilines is 8. The molecule has 2 aliphatic rings. The lowest BCUT2D eigenvalue weighted by atomic mass is 10.2. The number of carbonyl (C=O) groups excluding carboxylic acids is 1. The fraction of sp³-hybridized carbons (Fsp3) is 0.315. The van der Waals surface area contributed by atoms with E-state index in [1.807, 2.05) is 100 Å². The molecule has 0 bridgehead atoms. The number of fused-ring (bicyclic) bond motifs is 4. The number of nitrogens with one attached hydrogen (secondary N) is 5. The highest BCUT2D eigenvalue weighted by Crippen LogP contribution is 2.27. The van der Waals surface area contributed by atoms with Gasteiger partial charge < -0.3 is 60.0 Å². The van der Waals surface area contributed by atoms with Crippen LogP contribution in [0.1, 0.15) is 57.5 Å². The topological polar surface area (TPSA) is 388 Å². The molecule has 448 valence electrons. The Labute approximate surface area is 491 Å². The number of benzene rings is 4. The molecule has 32 heteroatoms. The average Bonchev–Trinajstić information content (AvgIpc) is 4.53. The number of aryl methyl sites for hydroxylation is 4. The number of halogens is 1. The summed E-state index contributed by atoms with van der Waals surface area (Å²) in [7, 11) is 0. The van der Waals surface area contributed by atoms with Crippen molar-refractivity contribution in [3.8, 4) is 0 Å². The number of esters is 1. The predicted octanol–water partition coefficient (Wildman–Crippen LogP) is 8.90. The molecule has 0 aliphatic carbocycles. The van der Waals surface area contributed by atoms with Crippen LogP contribution < -0.4 is 26.6 Å². The monoisotopic (exact) mass is 1200 g/mol. The number of aliphatic hydroxyl groups excluding tert-OH is 1. The van der Waals surface area contributed by atoms with Crippen LogP contribution in [0.25, 0.3) is 44.4 Å². The predicted molar refractivity (Wildman–Crippen MR) is 307 cm³/mol. The van der Waals surface area contributed by atoms with Gasteiger partial charge in [-0.1, -0.05) is 49.8 Å². The highest BCUT2D eigenvalue weighted by Gasteiger charge is 2.19. The van der Waals surface area contributed by atoms with Gasteiger partial charge in [-0.05, 0) is 105 Å². The van der Waals surface area contributed by atoms with Crippen molar-refractivity contribution >= 4 is 110 Å². The number of ether oxygens (including phenoxy) is 3. The van der Waals surface area contributed by atoms with Crippen LogP contribution in [0.5, 0.6) is 0 Å². The Balaban J connectivity index is 0.000000123. The molecule has 0 radical (unpaired) electrons. The molecule has 8 aromatic heterocycles. The van der Waals surface area contributed by atoms with Gasteiger partial charge >= 0.3 is 60.0 Å². The lowest BCUT2D eigenvalue weighted by molar-refractivity contribution is 0.0306. The molecule has 10 heterocycles. The molecule has 0 atom stereocenters. The zero-order valence-electron chi connectivity index (χ0n) is 47.0. The van der Waals surface area contributed by atoms with Crippen molar-refractivity contribution in [2.24, 2.45) is 0 Å². The minimum atomic E-state index is -0.675. The van der Waals surface area contributed by atoms with Crippen LogP contribution in [0.15, 0.2) is 108 Å². The summed E-state index contributed by atoms with van der Waals surface area (Å²) < 4.78 is 58.1. The average molecular weight is 1200 g/mol. The van der Waals surface area contributed by atoms with Gasteiger partial charge in [0, 0.05) is 26.2 Å². The molecule has 0 amide bonds. The van der Waals surface area contributed by atoms with Gasteiger partial charge in [0.25, 0.3) is 0 Å². The Hall–Kier alpha value is -9.92. The molecule has 31 nitrogen and oxygen atoms in total. The normalized spacial score (nSPS) is 13.2. The minimum Gasteiger partial charge on any atom is -0.459 e. The number of aliphatic hydroxyl groups is 1. The Bertz CT molecular complexity index is 3990. The molecule has 2 saturated heterocycles. The van der Waals surface area contributed by atoms with Crippen LogP contribution in [0.2, 0.25) is 0 Å². The smallest absolute Gasteiger partial charge is 0.396 e. The first-order valence-electron chi connectivity index (χ1n) is 26.7. The Morgan fingerprint density at radius 1 is 0.512 bits per heavy atom. The van der Waals surface area contributed by atoms with Gasteiger partial charge in [-0.15, -0.1) is 26.9 Å². The molecule has 12 aromatic rings. The summed E-state index contributed by atoms with van der Waals surface area (Å²) in [6.07, 6.45) is 0. The lowest BCUT2D eigenvalue weighted by Gasteiger charge is -2.24. The van der Waals surface area contributed by atoms with Crippen molar-refractivity contribution in [1.82, 2.24) is 70.9 Å². The van der Waals surface area contributed by atoms with E-state index in [1.54, 1.807) is 6.92 Å². The summed E-state index contributed by atoms with van der Waals surface area (Å²) >= 11 is 5.56. The maximum absolute atomic E-state index is 11.4. The van der Waals surface area contributed by atoms with Crippen molar-refractivity contribution in [2.45, 2.75) is 53.7 Å². The van der Waals surface area contributed by atoms with E-state index < -0.39 is 5.97 Å². The second kappa shape index (κ2) is 28.6. The van der Waals surface area contributed by atoms with Crippen molar-refractivity contribution in [3.63, 3.8) is 0 Å². The van der Waals surface area contributed by atoms with Crippen LogP contribution in [-0.4, -0.2) is 136 Å². The highest BCUT2D eigenvalue weighted by molar-refractivity contribution is 6.16. The van der Waals surface area contributed by atoms with Crippen LogP contribution in [-0.2, 0) is 33.2 Å². The first-order valence-corrected chi connectivity index (χ1v) is 27.2. The quantitative estimate of drug-likeness (QED) is 0.0437. The zero-order valence-corrected chi connectivity index (χ0v) is 47.7. The zero-order chi connectivity index (χ0) is 59.8. The molecule has 0 unspecified atom stereocenters. The van der Waals surface area contributed by atoms with Crippen molar-refractivity contribution in [2.75, 3.05) is 80.5 Å². The minimum absolute atomic E-state index is 0.00123. The molecule has 0 spiro atoms. The number of hydrogen-bond acceptors (Lipinski definition) is 31. The van der Waals surface area contributed by atoms with Crippen LogP contribution in [0, 0.1) is 27.7 Å². The molecule has 0 saturated carbocycles. The van der Waals surface area contributed by atoms with Gasteiger partial charge in [-0.25, -0.2) is 4.79 Å². The lowest BCUT2D eigenvalue weighted by Crippen LogP contribution is -2.35. The van der Waals surface area contributed by atoms with E-state index in [0.29, 0.717) is 58.2 Å². The summed E-state index contributed by atoms with van der Waals surface area (Å²) in [5.41, 5.74) is 10.2. The molecular weight excluding hydrogens is 1140 g/mol. The SMILES string of the molecule is C1COCCN1.CCOC(=O)c1nnc(Nc2nc3cc(C)ccc3o2)o1.Cc1ccc2oc(Nc3nnc(CCl)o3)nc2c1.Cc1ccc2oc(Nc3nnc(CN4CCOCC4)o3)nc2c1.Cc1ccc2oc(Nc3nnc(CO)o3)nc2c1. The van der Waals surface area contributed by atoms with E-state index in [4.69, 9.17) is 66.3 Å². The van der Waals surface area contributed by atoms with Gasteiger partial charge in [0.15, 0.2) is 22.3 Å². The van der Waals surface area contributed by atoms with Crippen LogP contribution in [0.3, 0.4) is 0 Å². The van der Waals surface area contributed by atoms with Gasteiger partial charge in [0.05, 0.1) is 39.6 Å². The molecule has 86 heavy (non-hydrogen) atoms. The van der Waals surface area contributed by atoms with Crippen molar-refractivity contribution in [1.29, 1.82) is 0 Å². The summed E-state index contributed by atoms with van der Waals surface area (Å²) in [6.45, 7) is 17.2. The fourth-order valence-corrected chi connectivity index (χ4v) is 7.95. The van der Waals surface area contributed by atoms with E-state index in [2.05, 4.69) is 92.2 Å². The second-order valence-electron chi connectivity index (χ2n) is 18.6. The number of morpholine rings is 2. The van der Waals surface area contributed by atoms with E-state index >= 15 is 0 Å². The van der Waals surface area contributed by atoms with Gasteiger partial charge in [0.1, 0.15) is 34.6 Å². The summed E-state index contributed by atoms with van der Waals surface area (Å²) in [5, 5.41) is 53.1. The van der Waals surface area contributed by atoms with E-state index in [1.165, 1.54) is 0 Å². The Morgan fingerprint density at radius 3 is 1.27 bits per heavy atom. The summed E-state index contributed by atoms with van der Waals surface area (Å²) in [6, 6.07) is 24.6. The second-order valence-corrected chi connectivity index (χ2v) is 18.9. The van der Waals surface area contributed by atoms with Gasteiger partial charge in [0.2, 0.25) is 17.7 Å². The Kier molecular flexibility index (Phi) is 19.7. The molecule has 2 fully saturated rings. The third-order valence-electron chi connectivity index (χ3n) is 11.9. The highest BCUT2D eigenvalue weighted by atomic mass is 35.5. The number of rotatable bonds is 14. The first-order chi connectivity index (χ1) is 41.9. The number of oxazole rings is 4. The van der Waals surface area contributed by atoms with Crippen molar-refractivity contribution < 1.29 is 59.4 Å². The molecular formula is C54H57ClN18O13. The summed E-state index contributed by atoms with van der Waals surface area (Å²) in [4.78, 5) is 30.7. The maximum Gasteiger partial charge on any atom is 0.396 e. The number of alkyl halides is 1. The third-order valence-corrected chi connectivity index (χ3v) is 12.1. The molecule has 6 N–H and O–H groups in total. The van der Waals surface area contributed by atoms with Crippen LogP contribution >= 0.6 is 11.6 Å². The third kappa shape index (κ3) is 16.5. The van der Waals surface area contributed by atoms with Gasteiger partial charge in [-0.2, -0.15) is 19.9 Å². The van der Waals surface area contributed by atoms with Crippen LogP contribution in [0.4, 0.5) is 48.1 Å². The first kappa shape index (κ1) is 59.2. The molecule has 2 aliphatic heterocycles.